The molecule has 0 saturated heterocycles. The number of aromatic nitrogens is 2. The van der Waals surface area contributed by atoms with E-state index in [1.54, 1.807) is 0 Å². The van der Waals surface area contributed by atoms with Crippen molar-refractivity contribution in [2.45, 2.75) is 26.8 Å². The van der Waals surface area contributed by atoms with Crippen molar-refractivity contribution in [2.75, 3.05) is 32.0 Å². The third kappa shape index (κ3) is 3.91. The first-order valence-electron chi connectivity index (χ1n) is 5.71. The summed E-state index contributed by atoms with van der Waals surface area (Å²) in [6, 6.07) is 0. The number of hydrogen-bond donors (Lipinski definition) is 1. The van der Waals surface area contributed by atoms with E-state index in [9.17, 15) is 0 Å². The van der Waals surface area contributed by atoms with E-state index in [2.05, 4.69) is 40.7 Å². The number of anilines is 1. The molecule has 4 heteroatoms. The molecule has 86 valence electrons. The van der Waals surface area contributed by atoms with Crippen LogP contribution in [0.5, 0.6) is 0 Å². The maximum absolute atomic E-state index is 4.29. The van der Waals surface area contributed by atoms with Crippen molar-refractivity contribution in [3.63, 3.8) is 0 Å². The zero-order valence-electron chi connectivity index (χ0n) is 10.0. The molecule has 1 N–H and O–H groups in total. The SMILES string of the molecule is CCCNc1nccn1CCN(C)CC. The van der Waals surface area contributed by atoms with Crippen molar-refractivity contribution in [1.82, 2.24) is 14.5 Å². The van der Waals surface area contributed by atoms with Gasteiger partial charge in [0.25, 0.3) is 0 Å². The fraction of sp³-hybridized carbons (Fsp3) is 0.727. The smallest absolute Gasteiger partial charge is 0.202 e. The molecule has 0 spiro atoms. The minimum Gasteiger partial charge on any atom is -0.356 e. The van der Waals surface area contributed by atoms with Crippen LogP contribution >= 0.6 is 0 Å². The Morgan fingerprint density at radius 1 is 1.47 bits per heavy atom. The molecular weight excluding hydrogens is 188 g/mol. The van der Waals surface area contributed by atoms with Gasteiger partial charge in [-0.15, -0.1) is 0 Å². The zero-order chi connectivity index (χ0) is 11.1. The topological polar surface area (TPSA) is 33.1 Å². The monoisotopic (exact) mass is 210 g/mol. The second-order valence-electron chi connectivity index (χ2n) is 3.77. The highest BCUT2D eigenvalue weighted by atomic mass is 15.2. The van der Waals surface area contributed by atoms with Crippen molar-refractivity contribution < 1.29 is 0 Å². The molecule has 0 aliphatic carbocycles. The fourth-order valence-electron chi connectivity index (χ4n) is 1.33. The summed E-state index contributed by atoms with van der Waals surface area (Å²) in [6.45, 7) is 8.46. The van der Waals surface area contributed by atoms with Gasteiger partial charge >= 0.3 is 0 Å². The molecule has 4 nitrogen and oxygen atoms in total. The highest BCUT2D eigenvalue weighted by Gasteiger charge is 2.01. The highest BCUT2D eigenvalue weighted by molar-refractivity contribution is 5.25. The molecule has 1 aromatic heterocycles. The van der Waals surface area contributed by atoms with Gasteiger partial charge in [0.15, 0.2) is 0 Å². The van der Waals surface area contributed by atoms with Crippen LogP contribution in [-0.4, -0.2) is 41.1 Å². The number of nitrogens with one attached hydrogen (secondary N) is 1. The van der Waals surface area contributed by atoms with E-state index in [0.717, 1.165) is 38.5 Å². The lowest BCUT2D eigenvalue weighted by molar-refractivity contribution is 0.336. The summed E-state index contributed by atoms with van der Waals surface area (Å²) < 4.78 is 2.17. The van der Waals surface area contributed by atoms with E-state index in [1.165, 1.54) is 0 Å². The minimum atomic E-state index is 0.987. The van der Waals surface area contributed by atoms with Gasteiger partial charge in [-0.25, -0.2) is 4.98 Å². The van der Waals surface area contributed by atoms with Gasteiger partial charge in [0.05, 0.1) is 0 Å². The van der Waals surface area contributed by atoms with Crippen LogP contribution in [0.15, 0.2) is 12.4 Å². The lowest BCUT2D eigenvalue weighted by atomic mass is 10.5. The summed E-state index contributed by atoms with van der Waals surface area (Å²) in [4.78, 5) is 6.59. The molecule has 0 aromatic carbocycles. The molecule has 1 aromatic rings. The predicted octanol–water partition coefficient (Wildman–Crippen LogP) is 1.66. The predicted molar refractivity (Wildman–Crippen MR) is 64.2 cm³/mol. The van der Waals surface area contributed by atoms with Crippen molar-refractivity contribution in [3.8, 4) is 0 Å². The standard InChI is InChI=1S/C11H22N4/c1-4-6-12-11-13-7-8-15(11)10-9-14(3)5-2/h7-8H,4-6,9-10H2,1-3H3,(H,12,13). The Hall–Kier alpha value is -1.03. The Labute approximate surface area is 92.3 Å². The molecule has 0 saturated carbocycles. The minimum absolute atomic E-state index is 0.987. The normalized spacial score (nSPS) is 10.9. The number of hydrogen-bond acceptors (Lipinski definition) is 3. The van der Waals surface area contributed by atoms with Crippen molar-refractivity contribution in [1.29, 1.82) is 0 Å². The number of likely N-dealkylation sites (N-methyl/N-ethyl adjacent to an activating group) is 1. The third-order valence-electron chi connectivity index (χ3n) is 2.51. The second-order valence-corrected chi connectivity index (χ2v) is 3.77. The zero-order valence-corrected chi connectivity index (χ0v) is 10.0. The summed E-state index contributed by atoms with van der Waals surface area (Å²) in [7, 11) is 2.13. The van der Waals surface area contributed by atoms with Gasteiger partial charge in [0.2, 0.25) is 5.95 Å². The molecule has 0 aliphatic heterocycles. The molecule has 0 bridgehead atoms. The third-order valence-corrected chi connectivity index (χ3v) is 2.51. The van der Waals surface area contributed by atoms with Crippen LogP contribution in [0.25, 0.3) is 0 Å². The average Bonchev–Trinajstić information content (AvgIpc) is 2.70. The van der Waals surface area contributed by atoms with Crippen molar-refractivity contribution >= 4 is 5.95 Å². The van der Waals surface area contributed by atoms with Crippen LogP contribution in [0.4, 0.5) is 5.95 Å². The van der Waals surface area contributed by atoms with Crippen molar-refractivity contribution in [3.05, 3.63) is 12.4 Å². The van der Waals surface area contributed by atoms with Crippen LogP contribution < -0.4 is 5.32 Å². The maximum Gasteiger partial charge on any atom is 0.202 e. The quantitative estimate of drug-likeness (QED) is 0.743. The lowest BCUT2D eigenvalue weighted by Gasteiger charge is -2.15. The molecule has 0 radical (unpaired) electrons. The van der Waals surface area contributed by atoms with E-state index in [4.69, 9.17) is 0 Å². The first-order valence-corrected chi connectivity index (χ1v) is 5.71. The molecule has 0 atom stereocenters. The summed E-state index contributed by atoms with van der Waals surface area (Å²) in [6.07, 6.45) is 5.01. The molecule has 15 heavy (non-hydrogen) atoms. The Morgan fingerprint density at radius 3 is 2.93 bits per heavy atom. The van der Waals surface area contributed by atoms with E-state index in [0.29, 0.717) is 0 Å². The van der Waals surface area contributed by atoms with Gasteiger partial charge in [-0.3, -0.25) is 0 Å². The van der Waals surface area contributed by atoms with Crippen molar-refractivity contribution in [2.24, 2.45) is 0 Å². The maximum atomic E-state index is 4.29. The first-order chi connectivity index (χ1) is 7.27. The van der Waals surface area contributed by atoms with E-state index in [1.807, 2.05) is 12.4 Å². The van der Waals surface area contributed by atoms with Gasteiger partial charge in [-0.05, 0) is 20.0 Å². The van der Waals surface area contributed by atoms with Gasteiger partial charge < -0.3 is 14.8 Å². The largest absolute Gasteiger partial charge is 0.356 e. The summed E-state index contributed by atoms with van der Waals surface area (Å²) in [5.74, 6) is 0.987. The van der Waals surface area contributed by atoms with Crippen LogP contribution in [0.1, 0.15) is 20.3 Å². The Kier molecular flexibility index (Phi) is 5.18. The number of nitrogens with zero attached hydrogens (tertiary/aromatic N) is 3. The van der Waals surface area contributed by atoms with Crippen LogP contribution in [-0.2, 0) is 6.54 Å². The Balaban J connectivity index is 2.42. The second kappa shape index (κ2) is 6.45. The average molecular weight is 210 g/mol. The summed E-state index contributed by atoms with van der Waals surface area (Å²) in [5.41, 5.74) is 0. The first kappa shape index (κ1) is 12.0. The van der Waals surface area contributed by atoms with Gasteiger partial charge in [0.1, 0.15) is 0 Å². The Bertz CT molecular complexity index is 269. The molecule has 1 heterocycles. The van der Waals surface area contributed by atoms with Crippen LogP contribution in [0, 0.1) is 0 Å². The van der Waals surface area contributed by atoms with Gasteiger partial charge in [-0.1, -0.05) is 13.8 Å². The molecule has 0 amide bonds. The van der Waals surface area contributed by atoms with Crippen LogP contribution in [0.3, 0.4) is 0 Å². The van der Waals surface area contributed by atoms with Crippen LogP contribution in [0.2, 0.25) is 0 Å². The van der Waals surface area contributed by atoms with E-state index < -0.39 is 0 Å². The van der Waals surface area contributed by atoms with E-state index in [-0.39, 0.29) is 0 Å². The van der Waals surface area contributed by atoms with E-state index >= 15 is 0 Å². The summed E-state index contributed by atoms with van der Waals surface area (Å²) >= 11 is 0. The molecule has 0 unspecified atom stereocenters. The number of imidazole rings is 1. The summed E-state index contributed by atoms with van der Waals surface area (Å²) in [5, 5.41) is 3.32. The van der Waals surface area contributed by atoms with Gasteiger partial charge in [-0.2, -0.15) is 0 Å². The lowest BCUT2D eigenvalue weighted by Crippen LogP contribution is -2.23. The molecule has 1 rings (SSSR count). The molecular formula is C11H22N4. The fourth-order valence-corrected chi connectivity index (χ4v) is 1.33. The Morgan fingerprint density at radius 2 is 2.27 bits per heavy atom. The highest BCUT2D eigenvalue weighted by Crippen LogP contribution is 2.04. The van der Waals surface area contributed by atoms with Gasteiger partial charge in [0, 0.05) is 32.0 Å². The molecule has 0 fully saturated rings. The number of rotatable bonds is 7. The molecule has 0 aliphatic rings.